The zero-order valence-electron chi connectivity index (χ0n) is 14.2. The van der Waals surface area contributed by atoms with Crippen molar-refractivity contribution in [3.8, 4) is 0 Å². The van der Waals surface area contributed by atoms with Gasteiger partial charge in [-0.1, -0.05) is 69.9 Å². The van der Waals surface area contributed by atoms with Gasteiger partial charge in [0.05, 0.1) is 6.54 Å². The van der Waals surface area contributed by atoms with E-state index in [4.69, 9.17) is 0 Å². The van der Waals surface area contributed by atoms with Crippen molar-refractivity contribution in [3.05, 3.63) is 54.6 Å². The molecule has 0 amide bonds. The molecule has 0 radical (unpaired) electrons. The number of H-pyrrole nitrogens is 1. The van der Waals surface area contributed by atoms with Crippen LogP contribution in [0.3, 0.4) is 0 Å². The van der Waals surface area contributed by atoms with Gasteiger partial charge >= 0.3 is 0 Å². The fraction of sp³-hybridized carbons (Fsp3) is 0.550. The van der Waals surface area contributed by atoms with Gasteiger partial charge < -0.3 is 0 Å². The standard InChI is InChI=1S/C20H30N2/c1-18(2)9-5-3-6-12-20(19-10-7-4-8-11-19)13-15-22-16-14-21-17-22/h4,7-8,10-11,14,16-18,20H,3,5-6,9,12-13,15H2,1-2H3/p+1. The number of hydrogen-bond acceptors (Lipinski definition) is 0. The van der Waals surface area contributed by atoms with Crippen molar-refractivity contribution in [1.29, 1.82) is 0 Å². The van der Waals surface area contributed by atoms with E-state index in [1.807, 2.05) is 12.5 Å². The minimum absolute atomic E-state index is 0.683. The van der Waals surface area contributed by atoms with E-state index in [-0.39, 0.29) is 0 Å². The number of benzene rings is 1. The van der Waals surface area contributed by atoms with Gasteiger partial charge in [-0.25, -0.2) is 4.57 Å². The first-order valence-electron chi connectivity index (χ1n) is 8.82. The molecule has 0 fully saturated rings. The summed E-state index contributed by atoms with van der Waals surface area (Å²) in [6.07, 6.45) is 14.2. The number of rotatable bonds is 10. The van der Waals surface area contributed by atoms with E-state index >= 15 is 0 Å². The van der Waals surface area contributed by atoms with E-state index in [9.17, 15) is 0 Å². The highest BCUT2D eigenvalue weighted by Crippen LogP contribution is 2.26. The monoisotopic (exact) mass is 299 g/mol. The van der Waals surface area contributed by atoms with Gasteiger partial charge in [-0.15, -0.1) is 0 Å². The van der Waals surface area contributed by atoms with Crippen LogP contribution in [0.5, 0.6) is 0 Å². The van der Waals surface area contributed by atoms with Crippen molar-refractivity contribution in [2.24, 2.45) is 5.92 Å². The minimum Gasteiger partial charge on any atom is -0.250 e. The Labute approximate surface area is 135 Å². The van der Waals surface area contributed by atoms with E-state index in [0.717, 1.165) is 12.5 Å². The second-order valence-corrected chi connectivity index (χ2v) is 6.78. The molecule has 2 rings (SSSR count). The van der Waals surface area contributed by atoms with Crippen molar-refractivity contribution in [1.82, 2.24) is 4.98 Å². The van der Waals surface area contributed by atoms with Crippen molar-refractivity contribution in [2.75, 3.05) is 0 Å². The van der Waals surface area contributed by atoms with Gasteiger partial charge in [0.2, 0.25) is 6.33 Å². The zero-order valence-corrected chi connectivity index (χ0v) is 14.2. The summed E-state index contributed by atoms with van der Waals surface area (Å²) in [7, 11) is 0. The summed E-state index contributed by atoms with van der Waals surface area (Å²) in [6, 6.07) is 11.0. The number of aromatic nitrogens is 2. The highest BCUT2D eigenvalue weighted by molar-refractivity contribution is 5.19. The number of aromatic amines is 1. The predicted molar refractivity (Wildman–Crippen MR) is 92.7 cm³/mol. The Kier molecular flexibility index (Phi) is 7.21. The molecule has 0 aliphatic rings. The molecule has 0 aliphatic carbocycles. The van der Waals surface area contributed by atoms with Gasteiger partial charge in [-0.2, -0.15) is 0 Å². The molecule has 1 N–H and O–H groups in total. The van der Waals surface area contributed by atoms with Gasteiger partial charge in [0.25, 0.3) is 0 Å². The summed E-state index contributed by atoms with van der Waals surface area (Å²) < 4.78 is 2.24. The number of nitrogens with zero attached hydrogens (tertiary/aromatic N) is 1. The van der Waals surface area contributed by atoms with Crippen LogP contribution >= 0.6 is 0 Å². The summed E-state index contributed by atoms with van der Waals surface area (Å²) in [6.45, 7) is 5.73. The average molecular weight is 299 g/mol. The molecule has 1 aromatic heterocycles. The van der Waals surface area contributed by atoms with E-state index in [0.29, 0.717) is 5.92 Å². The summed E-state index contributed by atoms with van der Waals surface area (Å²) in [5.74, 6) is 1.53. The Morgan fingerprint density at radius 1 is 0.955 bits per heavy atom. The SMILES string of the molecule is CC(C)CCCCCC(CC[n+]1cc[nH]c1)c1ccccc1. The highest BCUT2D eigenvalue weighted by Gasteiger charge is 2.12. The van der Waals surface area contributed by atoms with Crippen LogP contribution in [0, 0.1) is 5.92 Å². The normalized spacial score (nSPS) is 12.7. The molecule has 1 aromatic carbocycles. The van der Waals surface area contributed by atoms with E-state index in [2.05, 4.69) is 59.9 Å². The van der Waals surface area contributed by atoms with E-state index < -0.39 is 0 Å². The molecule has 0 saturated carbocycles. The van der Waals surface area contributed by atoms with Crippen LogP contribution in [0.1, 0.15) is 63.9 Å². The maximum Gasteiger partial charge on any atom is 0.241 e. The molecule has 2 aromatic rings. The molecule has 1 unspecified atom stereocenters. The van der Waals surface area contributed by atoms with Crippen LogP contribution in [0.25, 0.3) is 0 Å². The molecule has 0 bridgehead atoms. The molecular formula is C20H31N2+. The third kappa shape index (κ3) is 6.05. The van der Waals surface area contributed by atoms with Gasteiger partial charge in [-0.05, 0) is 30.2 Å². The molecule has 0 aliphatic heterocycles. The van der Waals surface area contributed by atoms with Crippen LogP contribution in [0.2, 0.25) is 0 Å². The third-order valence-corrected chi connectivity index (χ3v) is 4.44. The minimum atomic E-state index is 0.683. The topological polar surface area (TPSA) is 19.7 Å². The van der Waals surface area contributed by atoms with Gasteiger partial charge in [0.15, 0.2) is 0 Å². The molecule has 22 heavy (non-hydrogen) atoms. The molecule has 1 atom stereocenters. The Hall–Kier alpha value is -1.57. The number of hydrogen-bond donors (Lipinski definition) is 1. The number of nitrogens with one attached hydrogen (secondary N) is 1. The van der Waals surface area contributed by atoms with E-state index in [1.165, 1.54) is 44.1 Å². The fourth-order valence-corrected chi connectivity index (χ4v) is 3.09. The van der Waals surface area contributed by atoms with Crippen LogP contribution in [0.4, 0.5) is 0 Å². The van der Waals surface area contributed by atoms with E-state index in [1.54, 1.807) is 0 Å². The Balaban J connectivity index is 1.82. The quantitative estimate of drug-likeness (QED) is 0.466. The zero-order chi connectivity index (χ0) is 15.6. The lowest BCUT2D eigenvalue weighted by Crippen LogP contribution is -2.31. The lowest BCUT2D eigenvalue weighted by Gasteiger charge is -2.16. The molecule has 2 heteroatoms. The number of aryl methyl sites for hydroxylation is 1. The van der Waals surface area contributed by atoms with Gasteiger partial charge in [-0.3, -0.25) is 4.98 Å². The molecule has 2 nitrogen and oxygen atoms in total. The second kappa shape index (κ2) is 9.45. The molecule has 0 spiro atoms. The summed E-state index contributed by atoms with van der Waals surface area (Å²) in [5.41, 5.74) is 1.50. The fourth-order valence-electron chi connectivity index (χ4n) is 3.09. The van der Waals surface area contributed by atoms with Gasteiger partial charge in [0, 0.05) is 0 Å². The highest BCUT2D eigenvalue weighted by atomic mass is 15.0. The van der Waals surface area contributed by atoms with Crippen molar-refractivity contribution >= 4 is 0 Å². The summed E-state index contributed by atoms with van der Waals surface area (Å²) in [4.78, 5) is 3.13. The van der Waals surface area contributed by atoms with Crippen molar-refractivity contribution < 1.29 is 4.57 Å². The number of unbranched alkanes of at least 4 members (excludes halogenated alkanes) is 2. The summed E-state index contributed by atoms with van der Waals surface area (Å²) in [5, 5.41) is 0. The van der Waals surface area contributed by atoms with Crippen molar-refractivity contribution in [3.63, 3.8) is 0 Å². The molecule has 1 heterocycles. The maximum atomic E-state index is 3.13. The Bertz CT molecular complexity index is 488. The first-order chi connectivity index (χ1) is 10.8. The molecule has 0 saturated heterocycles. The lowest BCUT2D eigenvalue weighted by molar-refractivity contribution is -0.696. The smallest absolute Gasteiger partial charge is 0.241 e. The number of imidazole rings is 1. The maximum absolute atomic E-state index is 3.13. The average Bonchev–Trinajstić information content (AvgIpc) is 3.04. The first kappa shape index (κ1) is 16.8. The first-order valence-corrected chi connectivity index (χ1v) is 8.82. The summed E-state index contributed by atoms with van der Waals surface area (Å²) >= 11 is 0. The molecule has 120 valence electrons. The molecular weight excluding hydrogens is 268 g/mol. The van der Waals surface area contributed by atoms with Crippen LogP contribution in [-0.4, -0.2) is 4.98 Å². The Morgan fingerprint density at radius 3 is 2.41 bits per heavy atom. The van der Waals surface area contributed by atoms with Crippen LogP contribution in [0.15, 0.2) is 49.1 Å². The second-order valence-electron chi connectivity index (χ2n) is 6.78. The Morgan fingerprint density at radius 2 is 1.73 bits per heavy atom. The largest absolute Gasteiger partial charge is 0.250 e. The van der Waals surface area contributed by atoms with Crippen LogP contribution < -0.4 is 4.57 Å². The predicted octanol–water partition coefficient (Wildman–Crippen LogP) is 5.08. The third-order valence-electron chi connectivity index (χ3n) is 4.44. The van der Waals surface area contributed by atoms with Crippen LogP contribution in [-0.2, 0) is 6.54 Å². The van der Waals surface area contributed by atoms with Gasteiger partial charge in [0.1, 0.15) is 12.4 Å². The van der Waals surface area contributed by atoms with Crippen molar-refractivity contribution in [2.45, 2.75) is 64.8 Å². The lowest BCUT2D eigenvalue weighted by atomic mass is 9.90.